The quantitative estimate of drug-likeness (QED) is 0.717. The molecule has 0 bridgehead atoms. The Morgan fingerprint density at radius 1 is 1.32 bits per heavy atom. The van der Waals surface area contributed by atoms with Crippen LogP contribution in [-0.2, 0) is 9.53 Å². The molecule has 1 saturated heterocycles. The Kier molecular flexibility index (Phi) is 7.25. The second-order valence-corrected chi connectivity index (χ2v) is 4.83. The number of carbonyl (C=O) groups excluding carboxylic acids is 1. The maximum Gasteiger partial charge on any atom is 0.326 e. The highest BCUT2D eigenvalue weighted by Gasteiger charge is 2.30. The van der Waals surface area contributed by atoms with Crippen molar-refractivity contribution in [1.82, 2.24) is 10.2 Å². The van der Waals surface area contributed by atoms with Crippen molar-refractivity contribution in [2.75, 3.05) is 26.8 Å². The molecule has 6 heteroatoms. The minimum absolute atomic E-state index is 0.258. The number of ether oxygens (including phenoxy) is 1. The normalized spacial score (nSPS) is 19.8. The van der Waals surface area contributed by atoms with Gasteiger partial charge in [0.15, 0.2) is 0 Å². The maximum absolute atomic E-state index is 12.0. The number of nitrogens with one attached hydrogen (secondary N) is 1. The molecular formula is C13H24N2O4. The van der Waals surface area contributed by atoms with E-state index in [1.54, 1.807) is 7.11 Å². The van der Waals surface area contributed by atoms with E-state index in [0.717, 1.165) is 32.1 Å². The van der Waals surface area contributed by atoms with E-state index in [1.165, 1.54) is 4.90 Å². The Hall–Kier alpha value is -1.30. The molecule has 1 fully saturated rings. The van der Waals surface area contributed by atoms with Crippen molar-refractivity contribution in [3.8, 4) is 0 Å². The van der Waals surface area contributed by atoms with Gasteiger partial charge in [-0.05, 0) is 25.7 Å². The molecule has 0 aromatic carbocycles. The lowest BCUT2D eigenvalue weighted by Gasteiger charge is -2.27. The van der Waals surface area contributed by atoms with Crippen LogP contribution in [0.15, 0.2) is 0 Å². The molecule has 0 saturated carbocycles. The second kappa shape index (κ2) is 8.74. The number of carboxylic acid groups (broad SMARTS) is 1. The lowest BCUT2D eigenvalue weighted by molar-refractivity contribution is -0.142. The van der Waals surface area contributed by atoms with Crippen molar-refractivity contribution in [3.05, 3.63) is 0 Å². The van der Waals surface area contributed by atoms with Gasteiger partial charge < -0.3 is 20.1 Å². The molecule has 2 N–H and O–H groups in total. The van der Waals surface area contributed by atoms with Gasteiger partial charge in [-0.25, -0.2) is 9.59 Å². The zero-order valence-corrected chi connectivity index (χ0v) is 11.6. The molecule has 1 atom stereocenters. The summed E-state index contributed by atoms with van der Waals surface area (Å²) in [5.41, 5.74) is 0. The first-order valence-corrected chi connectivity index (χ1v) is 6.93. The largest absolute Gasteiger partial charge is 0.480 e. The number of hydrogen-bond acceptors (Lipinski definition) is 3. The first-order valence-electron chi connectivity index (χ1n) is 6.93. The van der Waals surface area contributed by atoms with Crippen LogP contribution in [0.1, 0.15) is 38.5 Å². The number of urea groups is 1. The Morgan fingerprint density at radius 2 is 2.11 bits per heavy atom. The zero-order chi connectivity index (χ0) is 14.1. The fourth-order valence-electron chi connectivity index (χ4n) is 2.28. The van der Waals surface area contributed by atoms with E-state index in [4.69, 9.17) is 4.74 Å². The summed E-state index contributed by atoms with van der Waals surface area (Å²) in [4.78, 5) is 24.7. The number of likely N-dealkylation sites (tertiary alicyclic amines) is 1. The first-order chi connectivity index (χ1) is 9.16. The summed E-state index contributed by atoms with van der Waals surface area (Å²) < 4.78 is 4.93. The fourth-order valence-corrected chi connectivity index (χ4v) is 2.28. The van der Waals surface area contributed by atoms with Crippen molar-refractivity contribution >= 4 is 12.0 Å². The van der Waals surface area contributed by atoms with Crippen LogP contribution in [0.25, 0.3) is 0 Å². The van der Waals surface area contributed by atoms with Crippen LogP contribution >= 0.6 is 0 Å². The van der Waals surface area contributed by atoms with Gasteiger partial charge in [0.1, 0.15) is 6.04 Å². The molecule has 1 heterocycles. The highest BCUT2D eigenvalue weighted by atomic mass is 16.5. The number of unbranched alkanes of at least 4 members (excludes halogenated alkanes) is 1. The number of carbonyl (C=O) groups is 2. The molecule has 0 aliphatic carbocycles. The topological polar surface area (TPSA) is 78.9 Å². The van der Waals surface area contributed by atoms with E-state index in [1.807, 2.05) is 0 Å². The summed E-state index contributed by atoms with van der Waals surface area (Å²) >= 11 is 0. The maximum atomic E-state index is 12.0. The number of rotatable bonds is 6. The summed E-state index contributed by atoms with van der Waals surface area (Å²) in [5.74, 6) is -0.906. The van der Waals surface area contributed by atoms with E-state index >= 15 is 0 Å². The van der Waals surface area contributed by atoms with Gasteiger partial charge in [0.05, 0.1) is 0 Å². The monoisotopic (exact) mass is 272 g/mol. The predicted octanol–water partition coefficient (Wildman–Crippen LogP) is 1.45. The van der Waals surface area contributed by atoms with Gasteiger partial charge in [-0.1, -0.05) is 12.8 Å². The summed E-state index contributed by atoms with van der Waals surface area (Å²) in [6.45, 7) is 1.77. The number of nitrogens with zero attached hydrogens (tertiary/aromatic N) is 1. The predicted molar refractivity (Wildman–Crippen MR) is 71.1 cm³/mol. The standard InChI is InChI=1S/C13H24N2O4/c1-19-10-6-4-8-14-13(18)15-9-5-2-3-7-11(15)12(16)17/h11H,2-10H2,1H3,(H,14,18)(H,16,17). The third kappa shape index (κ3) is 5.46. The SMILES string of the molecule is COCCCCNC(=O)N1CCCCCC1C(=O)O. The molecule has 0 aromatic heterocycles. The summed E-state index contributed by atoms with van der Waals surface area (Å²) in [6, 6.07) is -0.937. The number of hydrogen-bond donors (Lipinski definition) is 2. The molecule has 19 heavy (non-hydrogen) atoms. The van der Waals surface area contributed by atoms with Crippen LogP contribution in [-0.4, -0.2) is 54.9 Å². The number of carboxylic acids is 1. The molecule has 1 unspecified atom stereocenters. The van der Waals surface area contributed by atoms with E-state index in [2.05, 4.69) is 5.32 Å². The minimum atomic E-state index is -0.906. The van der Waals surface area contributed by atoms with Crippen molar-refractivity contribution in [2.45, 2.75) is 44.6 Å². The number of aliphatic carboxylic acids is 1. The van der Waals surface area contributed by atoms with Gasteiger partial charge in [0.25, 0.3) is 0 Å². The van der Waals surface area contributed by atoms with Crippen molar-refractivity contribution in [3.63, 3.8) is 0 Å². The van der Waals surface area contributed by atoms with E-state index in [-0.39, 0.29) is 6.03 Å². The van der Waals surface area contributed by atoms with Crippen molar-refractivity contribution < 1.29 is 19.4 Å². The minimum Gasteiger partial charge on any atom is -0.480 e. The van der Waals surface area contributed by atoms with Crippen molar-refractivity contribution in [1.29, 1.82) is 0 Å². The zero-order valence-electron chi connectivity index (χ0n) is 11.6. The average Bonchev–Trinajstić information content (AvgIpc) is 2.63. The van der Waals surface area contributed by atoms with Crippen LogP contribution in [0.5, 0.6) is 0 Å². The molecule has 1 aliphatic heterocycles. The second-order valence-electron chi connectivity index (χ2n) is 4.83. The molecule has 1 aliphatic rings. The van der Waals surface area contributed by atoms with Crippen LogP contribution in [0.4, 0.5) is 4.79 Å². The molecule has 0 aromatic rings. The first kappa shape index (κ1) is 15.8. The van der Waals surface area contributed by atoms with Gasteiger partial charge in [0, 0.05) is 26.8 Å². The summed E-state index contributed by atoms with van der Waals surface area (Å²) in [6.07, 6.45) is 5.01. The average molecular weight is 272 g/mol. The molecule has 2 amide bonds. The number of methoxy groups -OCH3 is 1. The lowest BCUT2D eigenvalue weighted by atomic mass is 10.1. The van der Waals surface area contributed by atoms with E-state index < -0.39 is 12.0 Å². The highest BCUT2D eigenvalue weighted by Crippen LogP contribution is 2.17. The molecule has 0 spiro atoms. The van der Waals surface area contributed by atoms with Gasteiger partial charge in [-0.15, -0.1) is 0 Å². The third-order valence-electron chi connectivity index (χ3n) is 3.35. The molecule has 0 radical (unpaired) electrons. The summed E-state index contributed by atoms with van der Waals surface area (Å²) in [7, 11) is 1.65. The van der Waals surface area contributed by atoms with Gasteiger partial charge >= 0.3 is 12.0 Å². The summed E-state index contributed by atoms with van der Waals surface area (Å²) in [5, 5.41) is 12.0. The van der Waals surface area contributed by atoms with Gasteiger partial charge in [-0.3, -0.25) is 0 Å². The van der Waals surface area contributed by atoms with E-state index in [9.17, 15) is 14.7 Å². The lowest BCUT2D eigenvalue weighted by Crippen LogP contribution is -2.49. The Morgan fingerprint density at radius 3 is 2.79 bits per heavy atom. The Labute approximate surface area is 114 Å². The molecule has 1 rings (SSSR count). The van der Waals surface area contributed by atoms with Crippen LogP contribution in [0.2, 0.25) is 0 Å². The molecule has 110 valence electrons. The Bertz CT molecular complexity index is 296. The van der Waals surface area contributed by atoms with Gasteiger partial charge in [-0.2, -0.15) is 0 Å². The Balaban J connectivity index is 2.40. The van der Waals surface area contributed by atoms with E-state index in [0.29, 0.717) is 26.1 Å². The smallest absolute Gasteiger partial charge is 0.326 e. The highest BCUT2D eigenvalue weighted by molar-refractivity contribution is 5.82. The van der Waals surface area contributed by atoms with Gasteiger partial charge in [0.2, 0.25) is 0 Å². The van der Waals surface area contributed by atoms with Crippen LogP contribution in [0.3, 0.4) is 0 Å². The third-order valence-corrected chi connectivity index (χ3v) is 3.35. The van der Waals surface area contributed by atoms with Crippen LogP contribution in [0, 0.1) is 0 Å². The van der Waals surface area contributed by atoms with Crippen LogP contribution < -0.4 is 5.32 Å². The van der Waals surface area contributed by atoms with Crippen molar-refractivity contribution in [2.24, 2.45) is 0 Å². The number of amides is 2. The fraction of sp³-hybridized carbons (Fsp3) is 0.846. The molecular weight excluding hydrogens is 248 g/mol. The molecule has 6 nitrogen and oxygen atoms in total.